The number of hydrogen-bond acceptors (Lipinski definition) is 4. The Morgan fingerprint density at radius 2 is 2.10 bits per heavy atom. The molecule has 0 saturated carbocycles. The van der Waals surface area contributed by atoms with Crippen molar-refractivity contribution in [2.24, 2.45) is 5.73 Å². The van der Waals surface area contributed by atoms with Crippen LogP contribution in [0.25, 0.3) is 11.0 Å². The van der Waals surface area contributed by atoms with E-state index >= 15 is 0 Å². The average molecular weight is 273 g/mol. The van der Waals surface area contributed by atoms with Crippen molar-refractivity contribution in [3.8, 4) is 0 Å². The van der Waals surface area contributed by atoms with Crippen LogP contribution in [0.3, 0.4) is 0 Å². The van der Waals surface area contributed by atoms with Gasteiger partial charge in [-0.05, 0) is 24.6 Å². The summed E-state index contributed by atoms with van der Waals surface area (Å²) in [4.78, 5) is 7.29. The number of nitrogens with two attached hydrogens (primary N) is 1. The third kappa shape index (κ3) is 2.70. The molecule has 1 fully saturated rings. The second-order valence-electron chi connectivity index (χ2n) is 5.49. The first-order valence-electron chi connectivity index (χ1n) is 7.37. The van der Waals surface area contributed by atoms with Gasteiger partial charge in [-0.15, -0.1) is 0 Å². The van der Waals surface area contributed by atoms with Crippen LogP contribution in [-0.2, 0) is 13.1 Å². The van der Waals surface area contributed by atoms with E-state index in [1.165, 1.54) is 11.1 Å². The molecule has 1 aliphatic rings. The Bertz CT molecular complexity index is 583. The van der Waals surface area contributed by atoms with Crippen LogP contribution in [-0.4, -0.2) is 47.2 Å². The summed E-state index contributed by atoms with van der Waals surface area (Å²) in [6.07, 6.45) is 0. The summed E-state index contributed by atoms with van der Waals surface area (Å²) >= 11 is 0. The fraction of sp³-hybridized carbons (Fsp3) is 0.533. The average Bonchev–Trinajstić information content (AvgIpc) is 2.77. The molecule has 0 unspecified atom stereocenters. The maximum Gasteiger partial charge on any atom is 0.124 e. The predicted octanol–water partition coefficient (Wildman–Crippen LogP) is 0.709. The molecule has 0 bridgehead atoms. The van der Waals surface area contributed by atoms with Gasteiger partial charge in [0.1, 0.15) is 5.82 Å². The molecular weight excluding hydrogens is 250 g/mol. The number of aromatic nitrogens is 2. The minimum absolute atomic E-state index is 0.647. The molecule has 3 rings (SSSR count). The van der Waals surface area contributed by atoms with Crippen molar-refractivity contribution in [2.75, 3.05) is 32.7 Å². The molecule has 0 radical (unpaired) electrons. The Kier molecular flexibility index (Phi) is 4.00. The Labute approximate surface area is 119 Å². The van der Waals surface area contributed by atoms with Gasteiger partial charge in [0.15, 0.2) is 0 Å². The zero-order chi connectivity index (χ0) is 13.9. The SMILES string of the molecule is Cc1ccc2c(c1)nc(CN1CCNCC1)n2CCN. The zero-order valence-electron chi connectivity index (χ0n) is 12.1. The molecule has 3 N–H and O–H groups in total. The van der Waals surface area contributed by atoms with Crippen LogP contribution in [0, 0.1) is 6.92 Å². The molecule has 0 amide bonds. The van der Waals surface area contributed by atoms with Crippen molar-refractivity contribution in [3.05, 3.63) is 29.6 Å². The number of fused-ring (bicyclic) bond motifs is 1. The Morgan fingerprint density at radius 3 is 2.85 bits per heavy atom. The van der Waals surface area contributed by atoms with E-state index in [-0.39, 0.29) is 0 Å². The number of imidazole rings is 1. The molecule has 2 heterocycles. The Hall–Kier alpha value is -1.43. The molecular formula is C15H23N5. The maximum atomic E-state index is 5.77. The molecule has 5 heteroatoms. The van der Waals surface area contributed by atoms with E-state index in [0.717, 1.165) is 50.6 Å². The van der Waals surface area contributed by atoms with Crippen molar-refractivity contribution in [1.29, 1.82) is 0 Å². The number of benzene rings is 1. The van der Waals surface area contributed by atoms with Crippen molar-refractivity contribution < 1.29 is 0 Å². The summed E-state index contributed by atoms with van der Waals surface area (Å²) in [5.41, 5.74) is 9.31. The number of piperazine rings is 1. The summed E-state index contributed by atoms with van der Waals surface area (Å²) in [5.74, 6) is 1.14. The van der Waals surface area contributed by atoms with E-state index < -0.39 is 0 Å². The number of aryl methyl sites for hydroxylation is 1. The lowest BCUT2D eigenvalue weighted by molar-refractivity contribution is 0.225. The normalized spacial score (nSPS) is 16.9. The lowest BCUT2D eigenvalue weighted by Crippen LogP contribution is -2.43. The lowest BCUT2D eigenvalue weighted by atomic mass is 10.2. The van der Waals surface area contributed by atoms with Crippen LogP contribution in [0.15, 0.2) is 18.2 Å². The van der Waals surface area contributed by atoms with Gasteiger partial charge in [-0.3, -0.25) is 4.90 Å². The van der Waals surface area contributed by atoms with Crippen LogP contribution in [0.4, 0.5) is 0 Å². The molecule has 1 aromatic carbocycles. The smallest absolute Gasteiger partial charge is 0.124 e. The highest BCUT2D eigenvalue weighted by Crippen LogP contribution is 2.19. The highest BCUT2D eigenvalue weighted by molar-refractivity contribution is 5.76. The molecule has 1 saturated heterocycles. The van der Waals surface area contributed by atoms with Crippen molar-refractivity contribution >= 4 is 11.0 Å². The van der Waals surface area contributed by atoms with Gasteiger partial charge in [-0.1, -0.05) is 6.07 Å². The van der Waals surface area contributed by atoms with Crippen LogP contribution in [0.1, 0.15) is 11.4 Å². The number of nitrogens with zero attached hydrogens (tertiary/aromatic N) is 3. The van der Waals surface area contributed by atoms with Gasteiger partial charge in [-0.2, -0.15) is 0 Å². The molecule has 1 aliphatic heterocycles. The number of hydrogen-bond donors (Lipinski definition) is 2. The standard InChI is InChI=1S/C15H23N5/c1-12-2-3-14-13(10-12)18-15(20(14)7-4-16)11-19-8-5-17-6-9-19/h2-3,10,17H,4-9,11,16H2,1H3. The topological polar surface area (TPSA) is 59.1 Å². The summed E-state index contributed by atoms with van der Waals surface area (Å²) in [6, 6.07) is 6.46. The van der Waals surface area contributed by atoms with E-state index in [4.69, 9.17) is 10.7 Å². The fourth-order valence-electron chi connectivity index (χ4n) is 2.86. The summed E-state index contributed by atoms with van der Waals surface area (Å²) in [6.45, 7) is 8.81. The van der Waals surface area contributed by atoms with Crippen LogP contribution < -0.4 is 11.1 Å². The first kappa shape index (κ1) is 13.5. The van der Waals surface area contributed by atoms with Crippen molar-refractivity contribution in [2.45, 2.75) is 20.0 Å². The van der Waals surface area contributed by atoms with Crippen LogP contribution in [0.2, 0.25) is 0 Å². The molecule has 0 spiro atoms. The lowest BCUT2D eigenvalue weighted by Gasteiger charge is -2.27. The monoisotopic (exact) mass is 273 g/mol. The fourth-order valence-corrected chi connectivity index (χ4v) is 2.86. The van der Waals surface area contributed by atoms with Gasteiger partial charge in [0.05, 0.1) is 17.6 Å². The van der Waals surface area contributed by atoms with Crippen molar-refractivity contribution in [1.82, 2.24) is 19.8 Å². The minimum Gasteiger partial charge on any atom is -0.329 e. The Balaban J connectivity index is 1.93. The highest BCUT2D eigenvalue weighted by atomic mass is 15.2. The quantitative estimate of drug-likeness (QED) is 0.861. The second kappa shape index (κ2) is 5.91. The molecule has 1 aromatic heterocycles. The summed E-state index contributed by atoms with van der Waals surface area (Å²) in [7, 11) is 0. The van der Waals surface area contributed by atoms with Gasteiger partial charge in [-0.25, -0.2) is 4.98 Å². The highest BCUT2D eigenvalue weighted by Gasteiger charge is 2.15. The largest absolute Gasteiger partial charge is 0.329 e. The third-order valence-electron chi connectivity index (χ3n) is 3.91. The molecule has 108 valence electrons. The minimum atomic E-state index is 0.647. The Morgan fingerprint density at radius 1 is 1.30 bits per heavy atom. The van der Waals surface area contributed by atoms with E-state index in [9.17, 15) is 0 Å². The molecule has 5 nitrogen and oxygen atoms in total. The van der Waals surface area contributed by atoms with Gasteiger partial charge < -0.3 is 15.6 Å². The molecule has 20 heavy (non-hydrogen) atoms. The van der Waals surface area contributed by atoms with Gasteiger partial charge in [0.25, 0.3) is 0 Å². The van der Waals surface area contributed by atoms with Crippen LogP contribution >= 0.6 is 0 Å². The molecule has 0 atom stereocenters. The van der Waals surface area contributed by atoms with E-state index in [1.807, 2.05) is 0 Å². The van der Waals surface area contributed by atoms with Crippen molar-refractivity contribution in [3.63, 3.8) is 0 Å². The number of rotatable bonds is 4. The third-order valence-corrected chi connectivity index (χ3v) is 3.91. The van der Waals surface area contributed by atoms with E-state index in [1.54, 1.807) is 0 Å². The first-order valence-corrected chi connectivity index (χ1v) is 7.37. The number of nitrogens with one attached hydrogen (secondary N) is 1. The van der Waals surface area contributed by atoms with Gasteiger partial charge in [0, 0.05) is 39.3 Å². The summed E-state index contributed by atoms with van der Waals surface area (Å²) < 4.78 is 2.27. The van der Waals surface area contributed by atoms with Gasteiger partial charge in [0.2, 0.25) is 0 Å². The zero-order valence-corrected chi connectivity index (χ0v) is 12.1. The van der Waals surface area contributed by atoms with E-state index in [2.05, 4.69) is 39.9 Å². The van der Waals surface area contributed by atoms with Gasteiger partial charge >= 0.3 is 0 Å². The van der Waals surface area contributed by atoms with E-state index in [0.29, 0.717) is 6.54 Å². The molecule has 2 aromatic rings. The predicted molar refractivity (Wildman–Crippen MR) is 81.7 cm³/mol. The second-order valence-corrected chi connectivity index (χ2v) is 5.49. The maximum absolute atomic E-state index is 5.77. The molecule has 0 aliphatic carbocycles. The first-order chi connectivity index (χ1) is 9.78. The summed E-state index contributed by atoms with van der Waals surface area (Å²) in [5, 5.41) is 3.39. The van der Waals surface area contributed by atoms with Crippen LogP contribution in [0.5, 0.6) is 0 Å².